The van der Waals surface area contributed by atoms with Crippen LogP contribution in [0.3, 0.4) is 0 Å². The number of hydrogen-bond donors (Lipinski definition) is 0. The Morgan fingerprint density at radius 1 is 0.583 bits per heavy atom. The van der Waals surface area contributed by atoms with Crippen molar-refractivity contribution >= 4 is 61.9 Å². The number of fused-ring (bicyclic) bond motifs is 4. The first kappa shape index (κ1) is 14.5. The van der Waals surface area contributed by atoms with Gasteiger partial charge in [-0.15, -0.1) is 0 Å². The molecule has 0 amide bonds. The van der Waals surface area contributed by atoms with Gasteiger partial charge in [0.05, 0.1) is 0 Å². The SMILES string of the molecule is Ic1ccc2c3ccccc3p(-c3cccc4ccccc34)c2c1. The highest BCUT2D eigenvalue weighted by molar-refractivity contribution is 14.1. The van der Waals surface area contributed by atoms with E-state index in [-0.39, 0.29) is 0 Å². The molecule has 0 fully saturated rings. The van der Waals surface area contributed by atoms with E-state index < -0.39 is 7.53 Å². The van der Waals surface area contributed by atoms with E-state index in [4.69, 9.17) is 0 Å². The van der Waals surface area contributed by atoms with Crippen molar-refractivity contribution in [2.45, 2.75) is 0 Å². The van der Waals surface area contributed by atoms with Gasteiger partial charge in [-0.2, -0.15) is 0 Å². The normalized spacial score (nSPS) is 12.3. The summed E-state index contributed by atoms with van der Waals surface area (Å²) in [5.41, 5.74) is 0. The molecule has 0 N–H and O–H groups in total. The van der Waals surface area contributed by atoms with Crippen LogP contribution in [0.25, 0.3) is 37.1 Å². The molecule has 0 bridgehead atoms. The lowest BCUT2D eigenvalue weighted by molar-refractivity contribution is 1.76. The van der Waals surface area contributed by atoms with Crippen molar-refractivity contribution in [1.29, 1.82) is 0 Å². The highest BCUT2D eigenvalue weighted by atomic mass is 127. The van der Waals surface area contributed by atoms with Crippen LogP contribution < -0.4 is 0 Å². The molecule has 0 aliphatic carbocycles. The molecule has 5 rings (SSSR count). The number of rotatable bonds is 1. The molecule has 5 aromatic rings. The van der Waals surface area contributed by atoms with E-state index in [1.165, 1.54) is 40.7 Å². The fourth-order valence-electron chi connectivity index (χ4n) is 3.61. The minimum Gasteiger partial charge on any atom is -0.0766 e. The van der Waals surface area contributed by atoms with Crippen LogP contribution in [0.15, 0.2) is 84.9 Å². The van der Waals surface area contributed by atoms with Gasteiger partial charge in [-0.25, -0.2) is 0 Å². The fourth-order valence-corrected chi connectivity index (χ4v) is 7.18. The Morgan fingerprint density at radius 3 is 2.21 bits per heavy atom. The summed E-state index contributed by atoms with van der Waals surface area (Å²) in [6.45, 7) is 0. The predicted molar refractivity (Wildman–Crippen MR) is 116 cm³/mol. The van der Waals surface area contributed by atoms with E-state index in [2.05, 4.69) is 108 Å². The largest absolute Gasteiger partial charge is 0.0766 e. The monoisotopic (exact) mass is 436 g/mol. The summed E-state index contributed by atoms with van der Waals surface area (Å²) in [5, 5.41) is 9.97. The molecular formula is C22H14IP. The molecule has 1 unspecified atom stereocenters. The molecule has 0 nitrogen and oxygen atoms in total. The molecule has 0 saturated carbocycles. The zero-order valence-corrected chi connectivity index (χ0v) is 16.0. The van der Waals surface area contributed by atoms with E-state index in [9.17, 15) is 0 Å². The van der Waals surface area contributed by atoms with Crippen molar-refractivity contribution in [2.75, 3.05) is 0 Å². The van der Waals surface area contributed by atoms with Gasteiger partial charge in [-0.3, -0.25) is 0 Å². The van der Waals surface area contributed by atoms with Crippen molar-refractivity contribution in [3.8, 4) is 5.30 Å². The zero-order chi connectivity index (χ0) is 16.1. The molecule has 1 heterocycles. The van der Waals surface area contributed by atoms with Crippen molar-refractivity contribution in [2.24, 2.45) is 0 Å². The minimum absolute atomic E-state index is 0.493. The lowest BCUT2D eigenvalue weighted by atomic mass is 10.1. The Morgan fingerprint density at radius 2 is 1.29 bits per heavy atom. The third-order valence-electron chi connectivity index (χ3n) is 4.64. The van der Waals surface area contributed by atoms with Crippen LogP contribution in [-0.4, -0.2) is 0 Å². The fraction of sp³-hybridized carbons (Fsp3) is 0. The van der Waals surface area contributed by atoms with E-state index in [1.54, 1.807) is 0 Å². The van der Waals surface area contributed by atoms with Crippen LogP contribution in [0.1, 0.15) is 0 Å². The summed E-state index contributed by atoms with van der Waals surface area (Å²) in [4.78, 5) is 0. The van der Waals surface area contributed by atoms with Crippen LogP contribution in [0.2, 0.25) is 0 Å². The van der Waals surface area contributed by atoms with Crippen LogP contribution in [-0.2, 0) is 0 Å². The van der Waals surface area contributed by atoms with Gasteiger partial charge in [0.1, 0.15) is 0 Å². The smallest absolute Gasteiger partial charge is 0.0140 e. The summed E-state index contributed by atoms with van der Waals surface area (Å²) in [5.74, 6) is 0. The standard InChI is InChI=1S/C22H14IP/c23-16-12-13-19-18-9-3-4-10-21(18)24(22(19)14-16)20-11-5-7-15-6-1-2-8-17(15)20/h1-14H. The molecule has 2 heteroatoms. The Hall–Kier alpha value is -1.83. The number of halogens is 1. The molecule has 0 spiro atoms. The van der Waals surface area contributed by atoms with Gasteiger partial charge in [-0.05, 0) is 62.3 Å². The molecule has 1 atom stereocenters. The van der Waals surface area contributed by atoms with E-state index in [0.717, 1.165) is 0 Å². The molecule has 0 saturated heterocycles. The summed E-state index contributed by atoms with van der Waals surface area (Å²) >= 11 is 2.43. The van der Waals surface area contributed by atoms with Crippen molar-refractivity contribution < 1.29 is 0 Å². The Kier molecular flexibility index (Phi) is 3.39. The quantitative estimate of drug-likeness (QED) is 0.236. The highest BCUT2D eigenvalue weighted by Gasteiger charge is 2.15. The van der Waals surface area contributed by atoms with Crippen molar-refractivity contribution in [1.82, 2.24) is 0 Å². The van der Waals surface area contributed by atoms with Crippen LogP contribution in [0.5, 0.6) is 0 Å². The number of hydrogen-bond acceptors (Lipinski definition) is 0. The Balaban J connectivity index is 2.03. The van der Waals surface area contributed by atoms with Crippen molar-refractivity contribution in [3.63, 3.8) is 0 Å². The third-order valence-corrected chi connectivity index (χ3v) is 7.91. The lowest BCUT2D eigenvalue weighted by Crippen LogP contribution is -1.75. The number of benzene rings is 4. The van der Waals surface area contributed by atoms with Crippen LogP contribution in [0.4, 0.5) is 0 Å². The topological polar surface area (TPSA) is 0 Å². The third kappa shape index (κ3) is 2.12. The van der Waals surface area contributed by atoms with Crippen molar-refractivity contribution in [3.05, 3.63) is 88.5 Å². The van der Waals surface area contributed by atoms with E-state index in [1.807, 2.05) is 0 Å². The highest BCUT2D eigenvalue weighted by Crippen LogP contribution is 2.56. The second kappa shape index (κ2) is 5.61. The zero-order valence-electron chi connectivity index (χ0n) is 12.9. The maximum absolute atomic E-state index is 2.43. The van der Waals surface area contributed by atoms with Gasteiger partial charge < -0.3 is 0 Å². The van der Waals surface area contributed by atoms with Gasteiger partial charge >= 0.3 is 0 Å². The van der Waals surface area contributed by atoms with Gasteiger partial charge in [0.2, 0.25) is 0 Å². The predicted octanol–water partition coefficient (Wildman–Crippen LogP) is 7.73. The molecular weight excluding hydrogens is 422 g/mol. The first-order valence-corrected chi connectivity index (χ1v) is 10.4. The summed E-state index contributed by atoms with van der Waals surface area (Å²) in [6.07, 6.45) is 0. The van der Waals surface area contributed by atoms with Crippen LogP contribution in [0, 0.1) is 3.57 Å². The van der Waals surface area contributed by atoms with Gasteiger partial charge in [0.25, 0.3) is 0 Å². The maximum Gasteiger partial charge on any atom is 0.0140 e. The molecule has 4 aromatic carbocycles. The summed E-state index contributed by atoms with van der Waals surface area (Å²) in [6, 6.07) is 31.3. The second-order valence-corrected chi connectivity index (χ2v) is 9.37. The lowest BCUT2D eigenvalue weighted by Gasteiger charge is -2.08. The molecule has 0 aliphatic heterocycles. The minimum atomic E-state index is -0.493. The second-order valence-electron chi connectivity index (χ2n) is 6.01. The summed E-state index contributed by atoms with van der Waals surface area (Å²) < 4.78 is 1.31. The van der Waals surface area contributed by atoms with Crippen LogP contribution >= 0.6 is 30.1 Å². The molecule has 114 valence electrons. The Labute approximate surface area is 155 Å². The molecule has 1 aromatic heterocycles. The van der Waals surface area contributed by atoms with E-state index >= 15 is 0 Å². The molecule has 0 radical (unpaired) electrons. The first-order chi connectivity index (χ1) is 11.8. The average Bonchev–Trinajstić information content (AvgIpc) is 2.94. The first-order valence-electron chi connectivity index (χ1n) is 8.00. The average molecular weight is 436 g/mol. The molecule has 0 aliphatic rings. The van der Waals surface area contributed by atoms with E-state index in [0.29, 0.717) is 0 Å². The summed E-state index contributed by atoms with van der Waals surface area (Å²) in [7, 11) is -0.493. The van der Waals surface area contributed by atoms with Gasteiger partial charge in [0.15, 0.2) is 0 Å². The van der Waals surface area contributed by atoms with Gasteiger partial charge in [0, 0.05) is 19.1 Å². The molecule has 24 heavy (non-hydrogen) atoms. The van der Waals surface area contributed by atoms with Gasteiger partial charge in [-0.1, -0.05) is 74.3 Å². The maximum atomic E-state index is 2.43. The Bertz CT molecular complexity index is 1210.